The summed E-state index contributed by atoms with van der Waals surface area (Å²) in [6, 6.07) is 43.9. The Kier molecular flexibility index (Phi) is 5.03. The maximum Gasteiger partial charge on any atom is 0.164 e. The lowest BCUT2D eigenvalue weighted by Gasteiger charge is -2.09. The molecule has 9 rings (SSSR count). The fraction of sp³-hybridized carbons (Fsp3) is 0. The molecule has 0 radical (unpaired) electrons. The molecule has 0 aliphatic carbocycles. The SMILES string of the molecule is c1ccc(-c2nc(-c3ccc4c(c3)oc3cc5ccccc5cc34)nc(-c3cccc4sc5ccccc5c34)n2)cc1. The van der Waals surface area contributed by atoms with Crippen molar-refractivity contribution in [3.8, 4) is 34.2 Å². The fourth-order valence-corrected chi connectivity index (χ4v) is 7.04. The lowest BCUT2D eigenvalue weighted by Crippen LogP contribution is -2.00. The summed E-state index contributed by atoms with van der Waals surface area (Å²) in [6.45, 7) is 0. The average Bonchev–Trinajstić information content (AvgIpc) is 3.61. The number of benzene rings is 6. The van der Waals surface area contributed by atoms with Crippen LogP contribution in [0.2, 0.25) is 0 Å². The Labute approximate surface area is 244 Å². The summed E-state index contributed by atoms with van der Waals surface area (Å²) in [6.07, 6.45) is 0. The van der Waals surface area contributed by atoms with Crippen molar-refractivity contribution in [2.45, 2.75) is 0 Å². The van der Waals surface area contributed by atoms with Crippen LogP contribution < -0.4 is 0 Å². The molecule has 9 aromatic rings. The minimum absolute atomic E-state index is 0.614. The average molecular weight is 556 g/mol. The Hall–Kier alpha value is -5.39. The van der Waals surface area contributed by atoms with Crippen molar-refractivity contribution in [1.29, 1.82) is 0 Å². The molecule has 6 aromatic carbocycles. The van der Waals surface area contributed by atoms with Crippen LogP contribution in [0.5, 0.6) is 0 Å². The van der Waals surface area contributed by atoms with Gasteiger partial charge in [0.2, 0.25) is 0 Å². The van der Waals surface area contributed by atoms with Gasteiger partial charge in [0.25, 0.3) is 0 Å². The van der Waals surface area contributed by atoms with Gasteiger partial charge in [-0.1, -0.05) is 91.0 Å². The molecule has 0 atom stereocenters. The number of aromatic nitrogens is 3. The monoisotopic (exact) mass is 555 g/mol. The molecule has 0 spiro atoms. The molecule has 0 fully saturated rings. The fourth-order valence-electron chi connectivity index (χ4n) is 5.90. The smallest absolute Gasteiger partial charge is 0.164 e. The van der Waals surface area contributed by atoms with Crippen molar-refractivity contribution >= 4 is 64.2 Å². The minimum Gasteiger partial charge on any atom is -0.456 e. The Bertz CT molecular complexity index is 2480. The Morgan fingerprint density at radius 1 is 0.452 bits per heavy atom. The van der Waals surface area contributed by atoms with Crippen LogP contribution in [0.15, 0.2) is 132 Å². The van der Waals surface area contributed by atoms with Gasteiger partial charge in [-0.05, 0) is 47.2 Å². The van der Waals surface area contributed by atoms with E-state index in [9.17, 15) is 0 Å². The summed E-state index contributed by atoms with van der Waals surface area (Å²) < 4.78 is 8.84. The summed E-state index contributed by atoms with van der Waals surface area (Å²) in [4.78, 5) is 15.1. The van der Waals surface area contributed by atoms with Crippen LogP contribution >= 0.6 is 11.3 Å². The number of nitrogens with zero attached hydrogens (tertiary/aromatic N) is 3. The summed E-state index contributed by atoms with van der Waals surface area (Å²) in [5, 5.41) is 6.93. The zero-order valence-corrected chi connectivity index (χ0v) is 23.1. The van der Waals surface area contributed by atoms with E-state index >= 15 is 0 Å². The third kappa shape index (κ3) is 3.64. The van der Waals surface area contributed by atoms with Crippen molar-refractivity contribution in [3.63, 3.8) is 0 Å². The quantitative estimate of drug-likeness (QED) is 0.218. The second kappa shape index (κ2) is 9.06. The number of hydrogen-bond donors (Lipinski definition) is 0. The molecule has 5 heteroatoms. The van der Waals surface area contributed by atoms with E-state index in [0.29, 0.717) is 17.5 Å². The van der Waals surface area contributed by atoms with Crippen LogP contribution in [0.25, 0.3) is 87.0 Å². The number of thiophene rings is 1. The molecule has 0 saturated heterocycles. The van der Waals surface area contributed by atoms with Crippen molar-refractivity contribution in [1.82, 2.24) is 15.0 Å². The Morgan fingerprint density at radius 2 is 1.14 bits per heavy atom. The highest BCUT2D eigenvalue weighted by Crippen LogP contribution is 2.40. The molecule has 42 heavy (non-hydrogen) atoms. The summed E-state index contributed by atoms with van der Waals surface area (Å²) in [5.74, 6) is 1.91. The zero-order chi connectivity index (χ0) is 27.6. The van der Waals surface area contributed by atoms with E-state index in [1.165, 1.54) is 25.6 Å². The predicted octanol–water partition coefficient (Wildman–Crippen LogP) is 10.3. The summed E-state index contributed by atoms with van der Waals surface area (Å²) in [5.41, 5.74) is 4.52. The van der Waals surface area contributed by atoms with E-state index < -0.39 is 0 Å². The third-order valence-electron chi connectivity index (χ3n) is 7.91. The van der Waals surface area contributed by atoms with Crippen LogP contribution in [0, 0.1) is 0 Å². The topological polar surface area (TPSA) is 51.8 Å². The first kappa shape index (κ1) is 23.3. The highest BCUT2D eigenvalue weighted by molar-refractivity contribution is 7.25. The van der Waals surface area contributed by atoms with Gasteiger partial charge in [0.05, 0.1) is 0 Å². The largest absolute Gasteiger partial charge is 0.456 e. The molecule has 0 aliphatic rings. The first-order chi connectivity index (χ1) is 20.8. The van der Waals surface area contributed by atoms with Gasteiger partial charge in [-0.2, -0.15) is 0 Å². The van der Waals surface area contributed by atoms with Gasteiger partial charge in [-0.3, -0.25) is 0 Å². The Balaban J connectivity index is 1.28. The molecule has 4 nitrogen and oxygen atoms in total. The van der Waals surface area contributed by atoms with Crippen molar-refractivity contribution in [3.05, 3.63) is 127 Å². The van der Waals surface area contributed by atoms with Crippen LogP contribution in [0.4, 0.5) is 0 Å². The van der Waals surface area contributed by atoms with Crippen LogP contribution in [0.3, 0.4) is 0 Å². The van der Waals surface area contributed by atoms with E-state index in [1.807, 2.05) is 30.3 Å². The van der Waals surface area contributed by atoms with Crippen molar-refractivity contribution in [2.24, 2.45) is 0 Å². The third-order valence-corrected chi connectivity index (χ3v) is 9.04. The second-order valence-electron chi connectivity index (χ2n) is 10.5. The van der Waals surface area contributed by atoms with Crippen LogP contribution in [-0.4, -0.2) is 15.0 Å². The van der Waals surface area contributed by atoms with Gasteiger partial charge in [0, 0.05) is 47.6 Å². The molecule has 196 valence electrons. The minimum atomic E-state index is 0.614. The highest BCUT2D eigenvalue weighted by atomic mass is 32.1. The molecular weight excluding hydrogens is 534 g/mol. The number of furan rings is 1. The van der Waals surface area contributed by atoms with Gasteiger partial charge in [-0.15, -0.1) is 11.3 Å². The zero-order valence-electron chi connectivity index (χ0n) is 22.3. The predicted molar refractivity (Wildman–Crippen MR) is 174 cm³/mol. The van der Waals surface area contributed by atoms with E-state index in [4.69, 9.17) is 19.4 Å². The van der Waals surface area contributed by atoms with E-state index in [-0.39, 0.29) is 0 Å². The Morgan fingerprint density at radius 3 is 2.02 bits per heavy atom. The van der Waals surface area contributed by atoms with Gasteiger partial charge >= 0.3 is 0 Å². The maximum absolute atomic E-state index is 6.38. The number of rotatable bonds is 3. The molecule has 0 amide bonds. The number of hydrogen-bond acceptors (Lipinski definition) is 5. The first-order valence-electron chi connectivity index (χ1n) is 13.9. The molecule has 3 heterocycles. The number of fused-ring (bicyclic) bond motifs is 7. The molecule has 0 bridgehead atoms. The summed E-state index contributed by atoms with van der Waals surface area (Å²) in [7, 11) is 0. The molecule has 0 N–H and O–H groups in total. The van der Waals surface area contributed by atoms with Gasteiger partial charge < -0.3 is 4.42 Å². The highest BCUT2D eigenvalue weighted by Gasteiger charge is 2.18. The molecule has 3 aromatic heterocycles. The van der Waals surface area contributed by atoms with Crippen LogP contribution in [0.1, 0.15) is 0 Å². The first-order valence-corrected chi connectivity index (χ1v) is 14.7. The van der Waals surface area contributed by atoms with E-state index in [2.05, 4.69) is 97.1 Å². The van der Waals surface area contributed by atoms with E-state index in [1.54, 1.807) is 11.3 Å². The standard InChI is InChI=1S/C37H21N3OS/c1-2-9-22(10-3-1)35-38-36(40-37(39-35)28-14-8-16-33-34(28)27-13-6-7-15-32(27)42-33)25-17-18-26-29-19-23-11-4-5-12-24(23)20-31(29)41-30(26)21-25/h1-21H. The summed E-state index contributed by atoms with van der Waals surface area (Å²) >= 11 is 1.79. The van der Waals surface area contributed by atoms with Gasteiger partial charge in [-0.25, -0.2) is 15.0 Å². The van der Waals surface area contributed by atoms with Crippen molar-refractivity contribution < 1.29 is 4.42 Å². The lowest BCUT2D eigenvalue weighted by molar-refractivity contribution is 0.669. The second-order valence-corrected chi connectivity index (χ2v) is 11.5. The molecule has 0 aliphatic heterocycles. The van der Waals surface area contributed by atoms with Gasteiger partial charge in [0.15, 0.2) is 17.5 Å². The van der Waals surface area contributed by atoms with E-state index in [0.717, 1.165) is 44.0 Å². The molecule has 0 saturated carbocycles. The van der Waals surface area contributed by atoms with Gasteiger partial charge in [0.1, 0.15) is 11.2 Å². The lowest BCUT2D eigenvalue weighted by atomic mass is 10.0. The molecular formula is C37H21N3OS. The molecule has 0 unspecified atom stereocenters. The van der Waals surface area contributed by atoms with Crippen molar-refractivity contribution in [2.75, 3.05) is 0 Å². The maximum atomic E-state index is 6.38. The van der Waals surface area contributed by atoms with Crippen LogP contribution in [-0.2, 0) is 0 Å². The normalized spacial score (nSPS) is 11.8.